The average molecular weight is 256 g/mol. The Balaban J connectivity index is -0.000000405. The van der Waals surface area contributed by atoms with E-state index >= 15 is 0 Å². The zero-order valence-corrected chi connectivity index (χ0v) is 12.5. The maximum atomic E-state index is 9.64. The maximum absolute atomic E-state index is 9.64. The Labute approximate surface area is 119 Å². The zero-order valence-electron chi connectivity index (χ0n) is 6.09. The second-order valence-corrected chi connectivity index (χ2v) is 4.48. The molecule has 0 aromatic heterocycles. The largest absolute Gasteiger partial charge is 1.00 e. The van der Waals surface area contributed by atoms with Crippen LogP contribution < -0.4 is 59.1 Å². The summed E-state index contributed by atoms with van der Waals surface area (Å²) in [6.07, 6.45) is 0. The summed E-state index contributed by atoms with van der Waals surface area (Å²) in [5.41, 5.74) is 0. The Kier molecular flexibility index (Phi) is 10.7. The third-order valence-electron chi connectivity index (χ3n) is 0.352. The van der Waals surface area contributed by atoms with Crippen molar-refractivity contribution in [2.75, 3.05) is 0 Å². The molecule has 0 radical (unpaired) electrons. The Hall–Kier alpha value is 2.07. The zero-order chi connectivity index (χ0) is 8.58. The second-order valence-electron chi connectivity index (χ2n) is 1.07. The molecule has 0 aromatic carbocycles. The van der Waals surface area contributed by atoms with Crippen molar-refractivity contribution >= 4 is 32.4 Å². The first-order valence-electron chi connectivity index (χ1n) is 1.53. The molecule has 12 heteroatoms. The quantitative estimate of drug-likeness (QED) is 0.275. The van der Waals surface area contributed by atoms with Crippen LogP contribution in [0.1, 0.15) is 0 Å². The van der Waals surface area contributed by atoms with Gasteiger partial charge in [-0.05, 0) is 3.23 Å². The van der Waals surface area contributed by atoms with Crippen LogP contribution in [0.5, 0.6) is 0 Å². The van der Waals surface area contributed by atoms with Crippen molar-refractivity contribution < 1.29 is 85.1 Å². The van der Waals surface area contributed by atoms with E-state index in [1.54, 1.807) is 0 Å². The van der Waals surface area contributed by atoms with Gasteiger partial charge in [0, 0.05) is 11.8 Å². The molecule has 0 unspecified atom stereocenters. The Morgan fingerprint density at radius 2 is 1.08 bits per heavy atom. The van der Waals surface area contributed by atoms with Crippen molar-refractivity contribution in [1.29, 1.82) is 0 Å². The van der Waals surface area contributed by atoms with Gasteiger partial charge in [0.05, 0.1) is 0 Å². The van der Waals surface area contributed by atoms with Gasteiger partial charge in [-0.25, -0.2) is 16.8 Å². The van der Waals surface area contributed by atoms with Gasteiger partial charge in [-0.15, -0.1) is 0 Å². The Morgan fingerprint density at radius 1 is 0.917 bits per heavy atom. The number of rotatable bonds is 2. The molecule has 0 aliphatic carbocycles. The Bertz CT molecular complexity index is 272. The Morgan fingerprint density at radius 3 is 1.08 bits per heavy atom. The molecule has 7 nitrogen and oxygen atoms in total. The monoisotopic (exact) mass is 255 g/mol. The topological polar surface area (TPSA) is 118 Å². The fraction of sp³-hybridized carbons (Fsp3) is 0. The maximum Gasteiger partial charge on any atom is 1.00 e. The molecule has 0 amide bonds. The molecule has 0 atom stereocenters. The van der Waals surface area contributed by atoms with Crippen molar-refractivity contribution in [2.24, 2.45) is 0 Å². The summed E-state index contributed by atoms with van der Waals surface area (Å²) >= 11 is 4.27. The molecule has 0 N–H and O–H groups in total. The van der Waals surface area contributed by atoms with Crippen LogP contribution in [0.4, 0.5) is 0 Å². The summed E-state index contributed by atoms with van der Waals surface area (Å²) in [4.78, 5) is 0. The van der Waals surface area contributed by atoms with Gasteiger partial charge in [-0.1, -0.05) is 0 Å². The summed E-state index contributed by atoms with van der Waals surface area (Å²) in [7, 11) is -10.8. The number of hydrogen-bond donors (Lipinski definition) is 0. The van der Waals surface area contributed by atoms with Gasteiger partial charge in [0.25, 0.3) is 0 Å². The third-order valence-corrected chi connectivity index (χ3v) is 3.16. The molecule has 0 aliphatic rings. The summed E-state index contributed by atoms with van der Waals surface area (Å²) in [6, 6.07) is 0. The van der Waals surface area contributed by atoms with Gasteiger partial charge in [0.2, 0.25) is 0 Å². The van der Waals surface area contributed by atoms with Crippen molar-refractivity contribution in [2.45, 2.75) is 0 Å². The summed E-state index contributed by atoms with van der Waals surface area (Å²) in [5, 5.41) is 0. The van der Waals surface area contributed by atoms with Crippen LogP contribution in [-0.2, 0) is 20.6 Å². The number of hydrogen-bond acceptors (Lipinski definition) is 6. The van der Waals surface area contributed by atoms with Gasteiger partial charge < -0.3 is 9.11 Å². The van der Waals surface area contributed by atoms with Gasteiger partial charge in [-0.3, -0.25) is 0 Å². The van der Waals surface area contributed by atoms with E-state index in [4.69, 9.17) is 0 Å². The van der Waals surface area contributed by atoms with E-state index in [2.05, 4.69) is 11.8 Å². The van der Waals surface area contributed by atoms with E-state index in [1.165, 1.54) is 0 Å². The van der Waals surface area contributed by atoms with Crippen LogP contribution >= 0.6 is 11.8 Å². The first-order valence-corrected chi connectivity index (χ1v) is 4.60. The van der Waals surface area contributed by atoms with Crippen LogP contribution in [-0.4, -0.2) is 29.2 Å². The van der Waals surface area contributed by atoms with E-state index in [1.807, 2.05) is 0 Å². The van der Waals surface area contributed by atoms with E-state index < -0.39 is 23.8 Å². The van der Waals surface area contributed by atoms with Crippen LogP contribution in [0.25, 0.3) is 0 Å². The van der Waals surface area contributed by atoms with Crippen molar-refractivity contribution in [3.63, 3.8) is 0 Å². The molecule has 12 heavy (non-hydrogen) atoms. The molecule has 62 valence electrons. The van der Waals surface area contributed by atoms with Gasteiger partial charge in [-0.2, -0.15) is 0 Å². The summed E-state index contributed by atoms with van der Waals surface area (Å²) in [6.45, 7) is 0. The van der Waals surface area contributed by atoms with E-state index in [-0.39, 0.29) is 59.1 Å². The predicted molar refractivity (Wildman–Crippen MR) is 27.1 cm³/mol. The fourth-order valence-corrected chi connectivity index (χ4v) is 1.01. The van der Waals surface area contributed by atoms with E-state index in [9.17, 15) is 25.9 Å². The summed E-state index contributed by atoms with van der Waals surface area (Å²) in [5.74, 6) is 0. The van der Waals surface area contributed by atoms with Crippen LogP contribution in [0.15, 0.2) is 0 Å². The first kappa shape index (κ1) is 19.6. The fourth-order valence-electron chi connectivity index (χ4n) is 0.112. The predicted octanol–water partition coefficient (Wildman–Crippen LogP) is -7.63. The first-order chi connectivity index (χ1) is 4.15. The minimum Gasteiger partial charge on any atom is -0.734 e. The van der Waals surface area contributed by atoms with Crippen LogP contribution in [0.2, 0.25) is 0 Å². The SMILES string of the molecule is O=S(=O)([O-])N(Cl)S(=O)(=O)[O-].[Na+].[Na+]. The van der Waals surface area contributed by atoms with Gasteiger partial charge in [0.15, 0.2) is 20.6 Å². The van der Waals surface area contributed by atoms with Crippen LogP contribution in [0, 0.1) is 0 Å². The number of halogens is 1. The van der Waals surface area contributed by atoms with E-state index in [0.29, 0.717) is 0 Å². The molecule has 0 aliphatic heterocycles. The minimum absolute atomic E-state index is 0. The van der Waals surface area contributed by atoms with Gasteiger partial charge >= 0.3 is 59.1 Å². The molecule has 0 aromatic rings. The molecule has 0 rings (SSSR count). The normalized spacial score (nSPS) is 11.7. The van der Waals surface area contributed by atoms with Crippen molar-refractivity contribution in [3.05, 3.63) is 0 Å². The molecule has 0 saturated carbocycles. The van der Waals surface area contributed by atoms with Gasteiger partial charge in [0.1, 0.15) is 0 Å². The average Bonchev–Trinajstić information content (AvgIpc) is 1.59. The standard InChI is InChI=1S/ClH2NO6S2.2Na/c1-2(9(3,4)5)10(6,7)8;;/h(H,3,4,5)(H,6,7,8);;/q;2*+1/p-2. The molecule has 0 fully saturated rings. The summed E-state index contributed by atoms with van der Waals surface area (Å²) < 4.78 is 56.5. The smallest absolute Gasteiger partial charge is 0.734 e. The van der Waals surface area contributed by atoms with Crippen molar-refractivity contribution in [3.8, 4) is 0 Å². The minimum atomic E-state index is -5.41. The van der Waals surface area contributed by atoms with E-state index in [0.717, 1.165) is 0 Å². The van der Waals surface area contributed by atoms with Crippen LogP contribution in [0.3, 0.4) is 0 Å². The molecule has 0 spiro atoms. The molecule has 0 heterocycles. The molecular formula is ClNNa2O6S2. The third kappa shape index (κ3) is 7.47. The molecule has 0 saturated heterocycles. The molecule has 0 bridgehead atoms. The number of nitrogens with zero attached hydrogens (tertiary/aromatic N) is 1. The second kappa shape index (κ2) is 6.53. The molecular weight excluding hydrogens is 256 g/mol. The van der Waals surface area contributed by atoms with Crippen molar-refractivity contribution in [1.82, 2.24) is 3.23 Å².